The molecule has 0 amide bonds. The molecular weight excluding hydrogens is 501 g/mol. The molecular formula is C10H14F2N3O13P3. The lowest BCUT2D eigenvalue weighted by Gasteiger charge is -2.28. The molecule has 7 N–H and O–H groups in total. The van der Waals surface area contributed by atoms with Crippen LogP contribution in [-0.4, -0.2) is 57.5 Å². The average molecular weight is 515 g/mol. The second-order valence-electron chi connectivity index (χ2n) is 6.59. The monoisotopic (exact) mass is 515 g/mol. The molecule has 176 valence electrons. The first kappa shape index (κ1) is 24.5. The van der Waals surface area contributed by atoms with Crippen molar-refractivity contribution in [2.75, 3.05) is 5.73 Å². The summed E-state index contributed by atoms with van der Waals surface area (Å²) in [4.78, 5) is 50.6. The molecule has 6 atom stereocenters. The van der Waals surface area contributed by atoms with Gasteiger partial charge in [-0.15, -0.1) is 0 Å². The number of phosphoric acid groups is 3. The summed E-state index contributed by atoms with van der Waals surface area (Å²) in [7, 11) is -17.4. The standard InChI is InChI=1S/C10H14F2N3O13P3/c1-8-5(26-30(21,22)28-31(23,24)27-29(18,19)20)9(8,17)10(11,12)6(25-8)15-3-2-4(13)14-7(15)16/h2-3,5-6,17H,1H3,(H,21,22)(H,23,24)(H2,13,14,16)(H2,18,19,20)/t5?,6-,8-,9-/m1/s1. The fourth-order valence-corrected chi connectivity index (χ4v) is 6.41. The van der Waals surface area contributed by atoms with Gasteiger partial charge in [-0.2, -0.15) is 22.4 Å². The largest absolute Gasteiger partial charge is 0.490 e. The van der Waals surface area contributed by atoms with E-state index in [0.717, 1.165) is 19.2 Å². The third-order valence-electron chi connectivity index (χ3n) is 4.49. The van der Waals surface area contributed by atoms with Crippen molar-refractivity contribution in [1.82, 2.24) is 9.55 Å². The van der Waals surface area contributed by atoms with Gasteiger partial charge in [-0.3, -0.25) is 9.09 Å². The van der Waals surface area contributed by atoms with E-state index in [2.05, 4.69) is 18.1 Å². The van der Waals surface area contributed by atoms with Crippen molar-refractivity contribution in [1.29, 1.82) is 0 Å². The second kappa shape index (κ2) is 6.93. The van der Waals surface area contributed by atoms with Gasteiger partial charge >= 0.3 is 35.1 Å². The zero-order chi connectivity index (χ0) is 23.8. The third-order valence-corrected chi connectivity index (χ3v) is 8.29. The summed E-state index contributed by atoms with van der Waals surface area (Å²) in [6, 6.07) is 0.987. The van der Waals surface area contributed by atoms with Crippen LogP contribution < -0.4 is 11.4 Å². The lowest BCUT2D eigenvalue weighted by molar-refractivity contribution is -0.199. The Balaban J connectivity index is 1.83. The molecule has 1 saturated heterocycles. The zero-order valence-corrected chi connectivity index (χ0v) is 17.6. The summed E-state index contributed by atoms with van der Waals surface area (Å²) in [6.07, 6.45) is -3.99. The van der Waals surface area contributed by atoms with E-state index in [1.165, 1.54) is 0 Å². The molecule has 31 heavy (non-hydrogen) atoms. The van der Waals surface area contributed by atoms with Crippen LogP contribution in [0.5, 0.6) is 0 Å². The van der Waals surface area contributed by atoms with Gasteiger partial charge in [0.2, 0.25) is 6.23 Å². The molecule has 0 spiro atoms. The minimum atomic E-state index is -5.92. The summed E-state index contributed by atoms with van der Waals surface area (Å²) in [5, 5.41) is 10.4. The summed E-state index contributed by atoms with van der Waals surface area (Å²) in [6.45, 7) is 0.812. The number of aliphatic hydroxyl groups is 1. The second-order valence-corrected chi connectivity index (χ2v) is 11.0. The van der Waals surface area contributed by atoms with Crippen LogP contribution in [-0.2, 0) is 31.6 Å². The van der Waals surface area contributed by atoms with Crippen LogP contribution in [0, 0.1) is 0 Å². The Morgan fingerprint density at radius 2 is 1.77 bits per heavy atom. The Bertz CT molecular complexity index is 1120. The number of alkyl halides is 2. The number of nitrogen functional groups attached to an aromatic ring is 1. The van der Waals surface area contributed by atoms with Crippen LogP contribution >= 0.6 is 23.5 Å². The normalized spacial score (nSPS) is 35.7. The summed E-state index contributed by atoms with van der Waals surface area (Å²) in [5.41, 5.74) is -1.77. The fraction of sp³-hybridized carbons (Fsp3) is 0.600. The van der Waals surface area contributed by atoms with E-state index in [1.54, 1.807) is 0 Å². The highest BCUT2D eigenvalue weighted by Gasteiger charge is 2.95. The van der Waals surface area contributed by atoms with Gasteiger partial charge < -0.3 is 35.2 Å². The van der Waals surface area contributed by atoms with Crippen LogP contribution in [0.2, 0.25) is 0 Å². The van der Waals surface area contributed by atoms with Gasteiger partial charge in [-0.1, -0.05) is 0 Å². The van der Waals surface area contributed by atoms with Crippen LogP contribution in [0.25, 0.3) is 0 Å². The number of fused-ring (bicyclic) bond motifs is 1. The predicted molar refractivity (Wildman–Crippen MR) is 90.1 cm³/mol. The van der Waals surface area contributed by atoms with E-state index in [0.29, 0.717) is 4.57 Å². The number of nitrogens with zero attached hydrogens (tertiary/aromatic N) is 2. The molecule has 3 unspecified atom stereocenters. The first-order valence-corrected chi connectivity index (χ1v) is 12.2. The first-order chi connectivity index (χ1) is 13.8. The Kier molecular flexibility index (Phi) is 5.48. The molecule has 0 radical (unpaired) electrons. The smallest absolute Gasteiger partial charge is 0.383 e. The lowest BCUT2D eigenvalue weighted by Crippen LogP contribution is -2.46. The highest BCUT2D eigenvalue weighted by Crippen LogP contribution is 2.74. The van der Waals surface area contributed by atoms with Crippen molar-refractivity contribution in [3.05, 3.63) is 22.7 Å². The van der Waals surface area contributed by atoms with Gasteiger partial charge in [0.25, 0.3) is 0 Å². The maximum Gasteiger partial charge on any atom is 0.490 e. The van der Waals surface area contributed by atoms with Gasteiger partial charge in [0, 0.05) is 6.20 Å². The van der Waals surface area contributed by atoms with E-state index in [1.807, 2.05) is 0 Å². The molecule has 3 rings (SSSR count). The van der Waals surface area contributed by atoms with Gasteiger partial charge in [-0.25, -0.2) is 18.5 Å². The molecule has 21 heteroatoms. The number of ether oxygens (including phenoxy) is 1. The molecule has 16 nitrogen and oxygen atoms in total. The van der Waals surface area contributed by atoms with Crippen molar-refractivity contribution in [3.63, 3.8) is 0 Å². The number of nitrogens with two attached hydrogens (primary N) is 1. The summed E-state index contributed by atoms with van der Waals surface area (Å²) >= 11 is 0. The van der Waals surface area contributed by atoms with Crippen LogP contribution in [0.1, 0.15) is 13.2 Å². The molecule has 2 aliphatic rings. The van der Waals surface area contributed by atoms with Crippen LogP contribution in [0.15, 0.2) is 17.1 Å². The molecule has 2 heterocycles. The van der Waals surface area contributed by atoms with Crippen molar-refractivity contribution in [2.24, 2.45) is 0 Å². The Hall–Kier alpha value is -1.13. The third kappa shape index (κ3) is 4.04. The topological polar surface area (TPSA) is 250 Å². The first-order valence-electron chi connectivity index (χ1n) is 7.71. The number of anilines is 1. The lowest BCUT2D eigenvalue weighted by atomic mass is 10.1. The van der Waals surface area contributed by atoms with Crippen molar-refractivity contribution >= 4 is 29.3 Å². The van der Waals surface area contributed by atoms with Gasteiger partial charge in [0.15, 0.2) is 5.60 Å². The van der Waals surface area contributed by atoms with Crippen molar-refractivity contribution in [2.45, 2.75) is 36.4 Å². The highest BCUT2D eigenvalue weighted by molar-refractivity contribution is 7.66. The molecule has 0 aromatic carbocycles. The average Bonchev–Trinajstić information content (AvgIpc) is 2.91. The molecule has 1 saturated carbocycles. The molecule has 1 aliphatic carbocycles. The van der Waals surface area contributed by atoms with Gasteiger partial charge in [0.05, 0.1) is 0 Å². The predicted octanol–water partition coefficient (Wildman–Crippen LogP) is -0.795. The number of rotatable bonds is 7. The Morgan fingerprint density at radius 3 is 2.23 bits per heavy atom. The number of hydrogen-bond donors (Lipinski definition) is 6. The molecule has 0 bridgehead atoms. The number of hydrogen-bond acceptors (Lipinski definition) is 11. The SMILES string of the molecule is C[C@]12O[C@@H](n3ccc(N)nc3=O)C(F)(F)[C@@]1(O)C2OP(=O)(O)OP(=O)(O)OP(=O)(O)O. The number of aromatic nitrogens is 2. The van der Waals surface area contributed by atoms with Crippen molar-refractivity contribution in [3.8, 4) is 0 Å². The fourth-order valence-electron chi connectivity index (χ4n) is 3.13. The molecule has 1 aliphatic heterocycles. The minimum Gasteiger partial charge on any atom is -0.383 e. The Labute approximate surface area is 169 Å². The van der Waals surface area contributed by atoms with E-state index in [9.17, 15) is 37.3 Å². The number of phosphoric ester groups is 1. The maximum atomic E-state index is 14.9. The van der Waals surface area contributed by atoms with E-state index in [4.69, 9.17) is 25.2 Å². The van der Waals surface area contributed by atoms with E-state index in [-0.39, 0.29) is 5.82 Å². The van der Waals surface area contributed by atoms with E-state index < -0.39 is 58.6 Å². The number of halogens is 2. The molecule has 1 aromatic rings. The quantitative estimate of drug-likeness (QED) is 0.243. The molecule has 2 fully saturated rings. The molecule has 1 aromatic heterocycles. The summed E-state index contributed by atoms with van der Waals surface area (Å²) in [5.74, 6) is -4.64. The Morgan fingerprint density at radius 1 is 1.19 bits per heavy atom. The van der Waals surface area contributed by atoms with Crippen LogP contribution in [0.3, 0.4) is 0 Å². The minimum absolute atomic E-state index is 0.289. The zero-order valence-electron chi connectivity index (χ0n) is 14.9. The van der Waals surface area contributed by atoms with Gasteiger partial charge in [0.1, 0.15) is 17.5 Å². The van der Waals surface area contributed by atoms with Crippen LogP contribution in [0.4, 0.5) is 14.6 Å². The maximum absolute atomic E-state index is 14.9. The highest BCUT2D eigenvalue weighted by atomic mass is 31.3. The van der Waals surface area contributed by atoms with Gasteiger partial charge in [-0.05, 0) is 13.0 Å². The van der Waals surface area contributed by atoms with Crippen molar-refractivity contribution < 1.29 is 65.0 Å². The summed E-state index contributed by atoms with van der Waals surface area (Å²) < 4.78 is 80.2. The van der Waals surface area contributed by atoms with E-state index >= 15 is 0 Å².